The zero-order valence-electron chi connectivity index (χ0n) is 21.0. The molecule has 0 aromatic heterocycles. The van der Waals surface area contributed by atoms with Crippen molar-refractivity contribution in [3.8, 4) is 23.0 Å². The van der Waals surface area contributed by atoms with Crippen molar-refractivity contribution in [2.75, 3.05) is 66.5 Å². The number of carbonyl (C=O) groups excluding carboxylic acids is 2. The molecule has 0 unspecified atom stereocenters. The lowest BCUT2D eigenvalue weighted by Gasteiger charge is -2.22. The summed E-state index contributed by atoms with van der Waals surface area (Å²) in [4.78, 5) is 29.4. The summed E-state index contributed by atoms with van der Waals surface area (Å²) in [5.41, 5.74) is 1.67. The van der Waals surface area contributed by atoms with E-state index < -0.39 is 0 Å². The molecule has 0 spiro atoms. The van der Waals surface area contributed by atoms with Gasteiger partial charge in [0.1, 0.15) is 5.75 Å². The van der Waals surface area contributed by atoms with Crippen LogP contribution in [0.5, 0.6) is 23.0 Å². The Hall–Kier alpha value is -3.46. The van der Waals surface area contributed by atoms with Crippen LogP contribution in [0.4, 0.5) is 5.69 Å². The van der Waals surface area contributed by atoms with Crippen LogP contribution >= 0.6 is 0 Å². The summed E-state index contributed by atoms with van der Waals surface area (Å²) >= 11 is 0. The van der Waals surface area contributed by atoms with Gasteiger partial charge in [-0.1, -0.05) is 12.1 Å². The number of rotatable bonds is 10. The lowest BCUT2D eigenvalue weighted by molar-refractivity contribution is -0.131. The van der Waals surface area contributed by atoms with E-state index in [0.717, 1.165) is 24.3 Å². The molecule has 190 valence electrons. The summed E-state index contributed by atoms with van der Waals surface area (Å²) in [6.45, 7) is 2.96. The van der Waals surface area contributed by atoms with E-state index in [1.54, 1.807) is 19.2 Å². The summed E-state index contributed by atoms with van der Waals surface area (Å²) in [6, 6.07) is 11.2. The van der Waals surface area contributed by atoms with Crippen molar-refractivity contribution in [3.63, 3.8) is 0 Å². The Balaban J connectivity index is 1.49. The standard InChI is InChI=1S/C26H35N3O6/c1-32-21-9-6-19(7-10-21)8-11-25(31)29-13-5-12-28(14-15-29)18-24(30)27-20-16-22(33-2)26(35-4)23(17-20)34-3/h6-7,9-10,16-17H,5,8,11-15,18H2,1-4H3,(H,27,30). The molecule has 1 N–H and O–H groups in total. The Morgan fingerprint density at radius 2 is 1.54 bits per heavy atom. The molecule has 9 nitrogen and oxygen atoms in total. The van der Waals surface area contributed by atoms with Crippen LogP contribution in [0.25, 0.3) is 0 Å². The number of hydrogen-bond donors (Lipinski definition) is 1. The van der Waals surface area contributed by atoms with Gasteiger partial charge in [0.25, 0.3) is 0 Å². The number of anilines is 1. The predicted molar refractivity (Wildman–Crippen MR) is 134 cm³/mol. The smallest absolute Gasteiger partial charge is 0.238 e. The molecular weight excluding hydrogens is 450 g/mol. The van der Waals surface area contributed by atoms with Crippen molar-refractivity contribution in [2.45, 2.75) is 19.3 Å². The minimum atomic E-state index is -0.140. The number of amides is 2. The largest absolute Gasteiger partial charge is 0.497 e. The Labute approximate surface area is 206 Å². The first-order chi connectivity index (χ1) is 17.0. The third-order valence-electron chi connectivity index (χ3n) is 6.04. The number of methoxy groups -OCH3 is 4. The van der Waals surface area contributed by atoms with Gasteiger partial charge in [0.15, 0.2) is 11.5 Å². The Kier molecular flexibility index (Phi) is 9.60. The second kappa shape index (κ2) is 12.9. The van der Waals surface area contributed by atoms with Crippen molar-refractivity contribution in [1.29, 1.82) is 0 Å². The summed E-state index contributed by atoms with van der Waals surface area (Å²) < 4.78 is 21.2. The number of hydrogen-bond acceptors (Lipinski definition) is 7. The number of benzene rings is 2. The second-order valence-electron chi connectivity index (χ2n) is 8.32. The molecule has 2 aromatic carbocycles. The van der Waals surface area contributed by atoms with Gasteiger partial charge in [0, 0.05) is 50.4 Å². The molecule has 2 aromatic rings. The fourth-order valence-corrected chi connectivity index (χ4v) is 4.14. The first-order valence-electron chi connectivity index (χ1n) is 11.7. The van der Waals surface area contributed by atoms with Crippen LogP contribution in [0.15, 0.2) is 36.4 Å². The van der Waals surface area contributed by atoms with E-state index in [0.29, 0.717) is 55.4 Å². The highest BCUT2D eigenvalue weighted by Gasteiger charge is 2.21. The Morgan fingerprint density at radius 3 is 2.14 bits per heavy atom. The van der Waals surface area contributed by atoms with Gasteiger partial charge in [-0.15, -0.1) is 0 Å². The van der Waals surface area contributed by atoms with Gasteiger partial charge in [-0.2, -0.15) is 0 Å². The van der Waals surface area contributed by atoms with Crippen LogP contribution in [-0.4, -0.2) is 82.8 Å². The summed E-state index contributed by atoms with van der Waals surface area (Å²) in [5.74, 6) is 2.23. The molecule has 0 atom stereocenters. The third-order valence-corrected chi connectivity index (χ3v) is 6.04. The van der Waals surface area contributed by atoms with Crippen molar-refractivity contribution in [3.05, 3.63) is 42.0 Å². The zero-order chi connectivity index (χ0) is 25.2. The molecule has 0 aliphatic carbocycles. The van der Waals surface area contributed by atoms with Crippen LogP contribution in [-0.2, 0) is 16.0 Å². The van der Waals surface area contributed by atoms with E-state index in [2.05, 4.69) is 10.2 Å². The maximum absolute atomic E-state index is 12.8. The highest BCUT2D eigenvalue weighted by Crippen LogP contribution is 2.39. The van der Waals surface area contributed by atoms with Crippen LogP contribution in [0.3, 0.4) is 0 Å². The van der Waals surface area contributed by atoms with Gasteiger partial charge < -0.3 is 29.2 Å². The molecule has 0 bridgehead atoms. The van der Waals surface area contributed by atoms with E-state index in [1.165, 1.54) is 21.3 Å². The number of nitrogens with zero attached hydrogens (tertiary/aromatic N) is 2. The van der Waals surface area contributed by atoms with Gasteiger partial charge >= 0.3 is 0 Å². The minimum absolute atomic E-state index is 0.140. The average Bonchev–Trinajstić information content (AvgIpc) is 3.12. The lowest BCUT2D eigenvalue weighted by atomic mass is 10.1. The van der Waals surface area contributed by atoms with E-state index in [-0.39, 0.29) is 18.4 Å². The molecule has 1 aliphatic heterocycles. The molecular formula is C26H35N3O6. The average molecular weight is 486 g/mol. The number of ether oxygens (including phenoxy) is 4. The third kappa shape index (κ3) is 7.26. The Morgan fingerprint density at radius 1 is 0.857 bits per heavy atom. The zero-order valence-corrected chi connectivity index (χ0v) is 21.0. The van der Waals surface area contributed by atoms with Crippen molar-refractivity contribution in [1.82, 2.24) is 9.80 Å². The van der Waals surface area contributed by atoms with Gasteiger partial charge in [0.05, 0.1) is 35.0 Å². The molecule has 3 rings (SSSR count). The molecule has 35 heavy (non-hydrogen) atoms. The van der Waals surface area contributed by atoms with Crippen LogP contribution < -0.4 is 24.3 Å². The van der Waals surface area contributed by atoms with Crippen molar-refractivity contribution >= 4 is 17.5 Å². The molecule has 0 saturated carbocycles. The summed E-state index contributed by atoms with van der Waals surface area (Å²) in [7, 11) is 6.23. The van der Waals surface area contributed by atoms with Gasteiger partial charge in [-0.05, 0) is 30.5 Å². The number of carbonyl (C=O) groups is 2. The SMILES string of the molecule is COc1ccc(CCC(=O)N2CCCN(CC(=O)Nc3cc(OC)c(OC)c(OC)c3)CC2)cc1. The monoisotopic (exact) mass is 485 g/mol. The van der Waals surface area contributed by atoms with Crippen LogP contribution in [0.1, 0.15) is 18.4 Å². The second-order valence-corrected chi connectivity index (χ2v) is 8.32. The topological polar surface area (TPSA) is 89.6 Å². The first-order valence-corrected chi connectivity index (χ1v) is 11.7. The fourth-order valence-electron chi connectivity index (χ4n) is 4.14. The molecule has 9 heteroatoms. The highest BCUT2D eigenvalue weighted by atomic mass is 16.5. The molecule has 2 amide bonds. The molecule has 0 radical (unpaired) electrons. The van der Waals surface area contributed by atoms with E-state index in [9.17, 15) is 9.59 Å². The summed E-state index contributed by atoms with van der Waals surface area (Å²) in [5, 5.41) is 2.91. The first kappa shape index (κ1) is 26.2. The number of aryl methyl sites for hydroxylation is 1. The predicted octanol–water partition coefficient (Wildman–Crippen LogP) is 2.83. The summed E-state index contributed by atoms with van der Waals surface area (Å²) in [6.07, 6.45) is 1.99. The molecule has 1 aliphatic rings. The van der Waals surface area contributed by atoms with Gasteiger partial charge in [-0.3, -0.25) is 14.5 Å². The normalized spacial score (nSPS) is 14.1. The van der Waals surface area contributed by atoms with Crippen molar-refractivity contribution in [2.24, 2.45) is 0 Å². The highest BCUT2D eigenvalue weighted by molar-refractivity contribution is 5.93. The minimum Gasteiger partial charge on any atom is -0.497 e. The maximum atomic E-state index is 12.8. The van der Waals surface area contributed by atoms with E-state index in [4.69, 9.17) is 18.9 Å². The maximum Gasteiger partial charge on any atom is 0.238 e. The molecule has 1 heterocycles. The van der Waals surface area contributed by atoms with Crippen LogP contribution in [0, 0.1) is 0 Å². The van der Waals surface area contributed by atoms with E-state index in [1.807, 2.05) is 29.2 Å². The molecule has 1 fully saturated rings. The number of nitrogens with one attached hydrogen (secondary N) is 1. The van der Waals surface area contributed by atoms with Crippen LogP contribution in [0.2, 0.25) is 0 Å². The fraction of sp³-hybridized carbons (Fsp3) is 0.462. The van der Waals surface area contributed by atoms with Gasteiger partial charge in [0.2, 0.25) is 17.6 Å². The van der Waals surface area contributed by atoms with E-state index >= 15 is 0 Å². The van der Waals surface area contributed by atoms with Crippen molar-refractivity contribution < 1.29 is 28.5 Å². The quantitative estimate of drug-likeness (QED) is 0.554. The Bertz CT molecular complexity index is 970. The molecule has 1 saturated heterocycles. The van der Waals surface area contributed by atoms with Gasteiger partial charge in [-0.25, -0.2) is 0 Å². The lowest BCUT2D eigenvalue weighted by Crippen LogP contribution is -2.38.